The summed E-state index contributed by atoms with van der Waals surface area (Å²) in [7, 11) is 0. The van der Waals surface area contributed by atoms with Crippen LogP contribution in [0.2, 0.25) is 0 Å². The smallest absolute Gasteiger partial charge is 0.224 e. The Bertz CT molecular complexity index is 498. The summed E-state index contributed by atoms with van der Waals surface area (Å²) in [5.41, 5.74) is 6.05. The molecule has 1 aromatic carbocycles. The first-order chi connectivity index (χ1) is 10.1. The molecule has 1 saturated heterocycles. The van der Waals surface area contributed by atoms with Gasteiger partial charge in [-0.3, -0.25) is 9.69 Å². The molecule has 0 saturated carbocycles. The lowest BCUT2D eigenvalue weighted by Gasteiger charge is -2.32. The molecule has 0 aromatic heterocycles. The van der Waals surface area contributed by atoms with E-state index in [4.69, 9.17) is 5.73 Å². The van der Waals surface area contributed by atoms with Crippen molar-refractivity contribution in [1.29, 1.82) is 0 Å². The Morgan fingerprint density at radius 2 is 2.33 bits per heavy atom. The molecule has 1 fully saturated rings. The van der Waals surface area contributed by atoms with Crippen molar-refractivity contribution in [2.45, 2.75) is 19.4 Å². The second-order valence-electron chi connectivity index (χ2n) is 5.39. The maximum atomic E-state index is 13.8. The van der Waals surface area contributed by atoms with Gasteiger partial charge in [0.1, 0.15) is 5.82 Å². The number of amides is 1. The quantitative estimate of drug-likeness (QED) is 0.845. The Labute approximate surface area is 133 Å². The second-order valence-corrected chi connectivity index (χ2v) is 6.31. The molecule has 116 valence electrons. The molecule has 1 aromatic rings. The normalized spacial score (nSPS) is 19.5. The molecular formula is C15H21BrFN3O. The molecule has 3 N–H and O–H groups in total. The Morgan fingerprint density at radius 1 is 1.52 bits per heavy atom. The number of carbonyl (C=O) groups is 1. The average molecular weight is 358 g/mol. The van der Waals surface area contributed by atoms with Crippen molar-refractivity contribution in [2.24, 2.45) is 11.7 Å². The van der Waals surface area contributed by atoms with E-state index >= 15 is 0 Å². The van der Waals surface area contributed by atoms with Crippen LogP contribution in [0.1, 0.15) is 18.4 Å². The molecular weight excluding hydrogens is 337 g/mol. The van der Waals surface area contributed by atoms with Gasteiger partial charge in [0.15, 0.2) is 0 Å². The number of hydrogen-bond donors (Lipinski definition) is 2. The number of nitrogens with two attached hydrogens (primary N) is 1. The van der Waals surface area contributed by atoms with Crippen molar-refractivity contribution >= 4 is 21.8 Å². The maximum absolute atomic E-state index is 13.8. The van der Waals surface area contributed by atoms with Crippen LogP contribution in [0.4, 0.5) is 4.39 Å². The van der Waals surface area contributed by atoms with E-state index in [-0.39, 0.29) is 17.6 Å². The molecule has 1 amide bonds. The van der Waals surface area contributed by atoms with Crippen LogP contribution in [-0.4, -0.2) is 37.0 Å². The molecule has 1 heterocycles. The lowest BCUT2D eigenvalue weighted by Crippen LogP contribution is -2.43. The molecule has 1 aliphatic heterocycles. The first-order valence-electron chi connectivity index (χ1n) is 7.24. The van der Waals surface area contributed by atoms with Gasteiger partial charge in [-0.05, 0) is 37.6 Å². The van der Waals surface area contributed by atoms with Gasteiger partial charge in [-0.25, -0.2) is 4.39 Å². The first-order valence-corrected chi connectivity index (χ1v) is 8.03. The van der Waals surface area contributed by atoms with Gasteiger partial charge < -0.3 is 11.1 Å². The molecule has 1 atom stereocenters. The molecule has 21 heavy (non-hydrogen) atoms. The maximum Gasteiger partial charge on any atom is 0.224 e. The van der Waals surface area contributed by atoms with Crippen LogP contribution >= 0.6 is 15.9 Å². The van der Waals surface area contributed by atoms with Crippen molar-refractivity contribution in [1.82, 2.24) is 10.2 Å². The molecule has 0 radical (unpaired) electrons. The number of hydrogen-bond acceptors (Lipinski definition) is 3. The Kier molecular flexibility index (Phi) is 6.14. The Morgan fingerprint density at radius 3 is 3.10 bits per heavy atom. The molecule has 4 nitrogen and oxygen atoms in total. The zero-order valence-corrected chi connectivity index (χ0v) is 13.5. The monoisotopic (exact) mass is 357 g/mol. The summed E-state index contributed by atoms with van der Waals surface area (Å²) in [6, 6.07) is 4.96. The van der Waals surface area contributed by atoms with Gasteiger partial charge in [-0.15, -0.1) is 0 Å². The molecule has 0 spiro atoms. The lowest BCUT2D eigenvalue weighted by atomic mass is 9.96. The third kappa shape index (κ3) is 4.76. The van der Waals surface area contributed by atoms with Crippen LogP contribution in [0.25, 0.3) is 0 Å². The Hall–Kier alpha value is -0.980. The SMILES string of the molecule is NCCNC(=O)C1CCCN(Cc2cc(Br)ccc2F)C1. The van der Waals surface area contributed by atoms with Crippen LogP contribution in [0.3, 0.4) is 0 Å². The number of carbonyl (C=O) groups excluding carboxylic acids is 1. The number of nitrogens with zero attached hydrogens (tertiary/aromatic N) is 1. The van der Waals surface area contributed by atoms with Crippen molar-refractivity contribution in [2.75, 3.05) is 26.2 Å². The fourth-order valence-electron chi connectivity index (χ4n) is 2.66. The van der Waals surface area contributed by atoms with Crippen molar-refractivity contribution < 1.29 is 9.18 Å². The van der Waals surface area contributed by atoms with Gasteiger partial charge in [0.2, 0.25) is 5.91 Å². The largest absolute Gasteiger partial charge is 0.355 e. The number of rotatable bonds is 5. The van der Waals surface area contributed by atoms with E-state index in [1.54, 1.807) is 12.1 Å². The Balaban J connectivity index is 1.94. The topological polar surface area (TPSA) is 58.4 Å². The number of benzene rings is 1. The van der Waals surface area contributed by atoms with Crippen molar-refractivity contribution in [3.05, 3.63) is 34.1 Å². The van der Waals surface area contributed by atoms with Gasteiger partial charge in [0.25, 0.3) is 0 Å². The van der Waals surface area contributed by atoms with Gasteiger partial charge in [-0.1, -0.05) is 15.9 Å². The lowest BCUT2D eigenvalue weighted by molar-refractivity contribution is -0.126. The van der Waals surface area contributed by atoms with Crippen molar-refractivity contribution in [3.8, 4) is 0 Å². The molecule has 1 aliphatic rings. The number of likely N-dealkylation sites (tertiary alicyclic amines) is 1. The summed E-state index contributed by atoms with van der Waals surface area (Å²) >= 11 is 3.36. The second kappa shape index (κ2) is 7.87. The first kappa shape index (κ1) is 16.4. The van der Waals surface area contributed by atoms with Crippen molar-refractivity contribution in [3.63, 3.8) is 0 Å². The molecule has 2 rings (SSSR count). The summed E-state index contributed by atoms with van der Waals surface area (Å²) < 4.78 is 14.7. The van der Waals surface area contributed by atoms with Crippen LogP contribution in [-0.2, 0) is 11.3 Å². The van der Waals surface area contributed by atoms with Gasteiger partial charge >= 0.3 is 0 Å². The average Bonchev–Trinajstić information content (AvgIpc) is 2.49. The predicted octanol–water partition coefficient (Wildman–Crippen LogP) is 1.88. The van der Waals surface area contributed by atoms with Crippen LogP contribution in [0, 0.1) is 11.7 Å². The third-order valence-corrected chi connectivity index (χ3v) is 4.21. The fraction of sp³-hybridized carbons (Fsp3) is 0.533. The minimum Gasteiger partial charge on any atom is -0.355 e. The van der Waals surface area contributed by atoms with Crippen LogP contribution in [0.15, 0.2) is 22.7 Å². The molecule has 1 unspecified atom stereocenters. The van der Waals surface area contributed by atoms with Crippen LogP contribution in [0.5, 0.6) is 0 Å². The zero-order chi connectivity index (χ0) is 15.2. The highest BCUT2D eigenvalue weighted by Gasteiger charge is 2.25. The van der Waals surface area contributed by atoms with E-state index in [9.17, 15) is 9.18 Å². The summed E-state index contributed by atoms with van der Waals surface area (Å²) in [5.74, 6) is -0.173. The minimum atomic E-state index is -0.201. The fourth-order valence-corrected chi connectivity index (χ4v) is 3.07. The van der Waals surface area contributed by atoms with Crippen LogP contribution < -0.4 is 11.1 Å². The summed E-state index contributed by atoms with van der Waals surface area (Å²) in [4.78, 5) is 14.1. The van der Waals surface area contributed by atoms with Gasteiger partial charge in [-0.2, -0.15) is 0 Å². The zero-order valence-electron chi connectivity index (χ0n) is 11.9. The van der Waals surface area contributed by atoms with E-state index in [1.807, 2.05) is 0 Å². The minimum absolute atomic E-state index is 0.0273. The number of halogens is 2. The van der Waals surface area contributed by atoms with Gasteiger partial charge in [0, 0.05) is 36.2 Å². The highest BCUT2D eigenvalue weighted by Crippen LogP contribution is 2.22. The van der Waals surface area contributed by atoms with E-state index < -0.39 is 0 Å². The number of nitrogens with one attached hydrogen (secondary N) is 1. The van der Waals surface area contributed by atoms with Gasteiger partial charge in [0.05, 0.1) is 5.92 Å². The molecule has 0 bridgehead atoms. The predicted molar refractivity (Wildman–Crippen MR) is 84.2 cm³/mol. The van der Waals surface area contributed by atoms with E-state index in [2.05, 4.69) is 26.1 Å². The third-order valence-electron chi connectivity index (χ3n) is 3.72. The van der Waals surface area contributed by atoms with E-state index in [0.717, 1.165) is 23.9 Å². The highest BCUT2D eigenvalue weighted by atomic mass is 79.9. The summed E-state index contributed by atoms with van der Waals surface area (Å²) in [6.45, 7) is 3.06. The summed E-state index contributed by atoms with van der Waals surface area (Å²) in [6.07, 6.45) is 1.84. The highest BCUT2D eigenvalue weighted by molar-refractivity contribution is 9.10. The molecule has 0 aliphatic carbocycles. The standard InChI is InChI=1S/C15H21BrFN3O/c16-13-3-4-14(17)12(8-13)10-20-7-1-2-11(9-20)15(21)19-6-5-18/h3-4,8,11H,1-2,5-7,9-10,18H2,(H,19,21). The van der Waals surface area contributed by atoms with E-state index in [0.29, 0.717) is 31.7 Å². The van der Waals surface area contributed by atoms with E-state index in [1.165, 1.54) is 6.07 Å². The summed E-state index contributed by atoms with van der Waals surface area (Å²) in [5, 5.41) is 2.83. The molecule has 6 heteroatoms. The number of piperidine rings is 1.